The van der Waals surface area contributed by atoms with E-state index in [1.165, 1.54) is 33.4 Å². The monoisotopic (exact) mass is 713 g/mol. The van der Waals surface area contributed by atoms with Gasteiger partial charge >= 0.3 is 0 Å². The van der Waals surface area contributed by atoms with E-state index in [-0.39, 0.29) is 0 Å². The van der Waals surface area contributed by atoms with Crippen molar-refractivity contribution in [3.8, 4) is 44.5 Å². The van der Waals surface area contributed by atoms with E-state index in [0.29, 0.717) is 0 Å². The zero-order valence-corrected chi connectivity index (χ0v) is 32.1. The largest absolute Gasteiger partial charge is 0.399 e. The fraction of sp³-hybridized carbons (Fsp3) is 0.120. The van der Waals surface area contributed by atoms with Crippen LogP contribution in [0.1, 0.15) is 56.2 Å². The molecule has 5 heteroatoms. The topological polar surface area (TPSA) is 83.4 Å². The minimum absolute atomic E-state index is 0.717. The first-order valence-electron chi connectivity index (χ1n) is 18.8. The predicted octanol–water partition coefficient (Wildman–Crippen LogP) is 12.8. The zero-order valence-electron chi connectivity index (χ0n) is 32.1. The van der Waals surface area contributed by atoms with Crippen molar-refractivity contribution in [3.05, 3.63) is 159 Å². The molecule has 5 nitrogen and oxygen atoms in total. The highest BCUT2D eigenvalue weighted by Crippen LogP contribution is 2.39. The number of aromatic amines is 2. The van der Waals surface area contributed by atoms with Gasteiger partial charge in [-0.25, -0.2) is 9.97 Å². The van der Waals surface area contributed by atoms with E-state index >= 15 is 0 Å². The van der Waals surface area contributed by atoms with Crippen molar-refractivity contribution in [1.82, 2.24) is 19.9 Å². The Morgan fingerprint density at radius 2 is 0.618 bits per heavy atom. The number of aryl methyl sites for hydroxylation is 6. The fourth-order valence-corrected chi connectivity index (χ4v) is 8.43. The molecule has 2 aliphatic rings. The first-order valence-corrected chi connectivity index (χ1v) is 18.8. The SMILES string of the molecule is Cc1cc(C)cc(-c2c3nc(c(-c4cc(C)cc(C)c4)c4ccc([nH]4)c(-c4cc(C)cc(C)c4)c4nc(c(-c5ccc(N)cc5)c5ccc2[nH]5)C=C4)C=C3)c1. The standard InChI is InChI=1S/C50H43N5/c1-28-19-29(2)23-35(22-28)48-41-13-11-39(52-41)47(34-7-9-38(51)10-8-34)40-12-14-42(53-40)49(36-24-30(3)20-31(4)25-36)44-16-18-46(55-44)50(45-17-15-43(48)54-45)37-26-32(5)21-33(6)27-37/h7-27,52,55H,51H2,1-6H3. The molecule has 8 bridgehead atoms. The molecule has 0 fully saturated rings. The Labute approximate surface area is 322 Å². The molecule has 5 heterocycles. The van der Waals surface area contributed by atoms with Crippen LogP contribution in [0.4, 0.5) is 5.69 Å². The molecule has 55 heavy (non-hydrogen) atoms. The summed E-state index contributed by atoms with van der Waals surface area (Å²) in [4.78, 5) is 18.7. The van der Waals surface area contributed by atoms with Crippen molar-refractivity contribution < 1.29 is 0 Å². The molecule has 3 aromatic heterocycles. The summed E-state index contributed by atoms with van der Waals surface area (Å²) >= 11 is 0. The summed E-state index contributed by atoms with van der Waals surface area (Å²) in [5, 5.41) is 0. The Balaban J connectivity index is 1.49. The molecule has 9 rings (SSSR count). The van der Waals surface area contributed by atoms with Gasteiger partial charge in [-0.2, -0.15) is 0 Å². The number of nitrogen functional groups attached to an aromatic ring is 1. The molecule has 0 radical (unpaired) electrons. The molecular weight excluding hydrogens is 671 g/mol. The van der Waals surface area contributed by atoms with Gasteiger partial charge in [-0.15, -0.1) is 0 Å². The van der Waals surface area contributed by atoms with Gasteiger partial charge in [0.2, 0.25) is 0 Å². The van der Waals surface area contributed by atoms with Crippen molar-refractivity contribution >= 4 is 52.1 Å². The van der Waals surface area contributed by atoms with Crippen molar-refractivity contribution in [1.29, 1.82) is 0 Å². The molecule has 4 N–H and O–H groups in total. The van der Waals surface area contributed by atoms with Gasteiger partial charge in [0.1, 0.15) is 0 Å². The quantitative estimate of drug-likeness (QED) is 0.159. The van der Waals surface area contributed by atoms with Gasteiger partial charge in [0.15, 0.2) is 0 Å². The number of fused-ring (bicyclic) bond motifs is 8. The molecule has 4 aromatic carbocycles. The molecule has 7 aromatic rings. The molecule has 0 aliphatic carbocycles. The molecule has 2 aliphatic heterocycles. The molecule has 0 saturated carbocycles. The van der Waals surface area contributed by atoms with Crippen LogP contribution in [0.2, 0.25) is 0 Å². The number of hydrogen-bond donors (Lipinski definition) is 3. The van der Waals surface area contributed by atoms with Crippen LogP contribution in [0.25, 0.3) is 90.9 Å². The lowest BCUT2D eigenvalue weighted by Gasteiger charge is -2.09. The van der Waals surface area contributed by atoms with Gasteiger partial charge in [-0.1, -0.05) is 100 Å². The maximum absolute atomic E-state index is 6.20. The molecule has 0 unspecified atom stereocenters. The molecule has 0 amide bonds. The Hall–Kier alpha value is -6.72. The van der Waals surface area contributed by atoms with Gasteiger partial charge < -0.3 is 15.7 Å². The molecule has 0 spiro atoms. The Morgan fingerprint density at radius 3 is 0.909 bits per heavy atom. The van der Waals surface area contributed by atoms with Crippen LogP contribution in [0, 0.1) is 41.5 Å². The maximum Gasteiger partial charge on any atom is 0.0737 e. The van der Waals surface area contributed by atoms with Crippen LogP contribution in [0.5, 0.6) is 0 Å². The number of anilines is 1. The average Bonchev–Trinajstić information content (AvgIpc) is 3.95. The normalized spacial score (nSPS) is 12.1. The number of nitrogens with zero attached hydrogens (tertiary/aromatic N) is 2. The third-order valence-corrected chi connectivity index (χ3v) is 10.5. The third-order valence-electron chi connectivity index (χ3n) is 10.5. The number of aromatic nitrogens is 4. The second kappa shape index (κ2) is 13.3. The Morgan fingerprint density at radius 1 is 0.345 bits per heavy atom. The lowest BCUT2D eigenvalue weighted by molar-refractivity contribution is 1.30. The highest BCUT2D eigenvalue weighted by Gasteiger charge is 2.19. The third kappa shape index (κ3) is 6.38. The summed E-state index contributed by atoms with van der Waals surface area (Å²) in [5.74, 6) is 0. The summed E-state index contributed by atoms with van der Waals surface area (Å²) in [7, 11) is 0. The van der Waals surface area contributed by atoms with E-state index in [1.54, 1.807) is 0 Å². The van der Waals surface area contributed by atoms with Crippen molar-refractivity contribution in [2.75, 3.05) is 5.73 Å². The first-order chi connectivity index (χ1) is 26.6. The van der Waals surface area contributed by atoms with Gasteiger partial charge in [0, 0.05) is 50.0 Å². The van der Waals surface area contributed by atoms with Gasteiger partial charge in [0.25, 0.3) is 0 Å². The molecular formula is C50H43N5. The number of benzene rings is 4. The number of H-pyrrole nitrogens is 2. The van der Waals surface area contributed by atoms with Gasteiger partial charge in [-0.05, 0) is 124 Å². The Bertz CT molecular complexity index is 2820. The van der Waals surface area contributed by atoms with Crippen LogP contribution in [0.3, 0.4) is 0 Å². The van der Waals surface area contributed by atoms with E-state index in [4.69, 9.17) is 15.7 Å². The second-order valence-electron chi connectivity index (χ2n) is 15.3. The highest BCUT2D eigenvalue weighted by molar-refractivity contribution is 6.00. The Kier molecular flexibility index (Phi) is 8.24. The summed E-state index contributed by atoms with van der Waals surface area (Å²) < 4.78 is 0. The number of rotatable bonds is 4. The number of nitrogens with one attached hydrogen (secondary N) is 2. The zero-order chi connectivity index (χ0) is 38.0. The minimum Gasteiger partial charge on any atom is -0.399 e. The smallest absolute Gasteiger partial charge is 0.0737 e. The summed E-state index contributed by atoms with van der Waals surface area (Å²) in [6, 6.07) is 37.0. The van der Waals surface area contributed by atoms with E-state index in [2.05, 4.69) is 167 Å². The lowest BCUT2D eigenvalue weighted by Crippen LogP contribution is -1.91. The van der Waals surface area contributed by atoms with Crippen LogP contribution < -0.4 is 5.73 Å². The van der Waals surface area contributed by atoms with Gasteiger partial charge in [0.05, 0.1) is 22.8 Å². The lowest BCUT2D eigenvalue weighted by atomic mass is 9.99. The van der Waals surface area contributed by atoms with Crippen molar-refractivity contribution in [2.45, 2.75) is 41.5 Å². The van der Waals surface area contributed by atoms with Crippen LogP contribution in [0.15, 0.2) is 103 Å². The van der Waals surface area contributed by atoms with Crippen LogP contribution >= 0.6 is 0 Å². The summed E-state index contributed by atoms with van der Waals surface area (Å²) in [6.07, 6.45) is 8.61. The second-order valence-corrected chi connectivity index (χ2v) is 15.3. The predicted molar refractivity (Wildman–Crippen MR) is 233 cm³/mol. The number of nitrogens with two attached hydrogens (primary N) is 1. The van der Waals surface area contributed by atoms with Crippen molar-refractivity contribution in [2.24, 2.45) is 0 Å². The summed E-state index contributed by atoms with van der Waals surface area (Å²) in [6.45, 7) is 12.9. The average molecular weight is 714 g/mol. The number of hydrogen-bond acceptors (Lipinski definition) is 3. The van der Waals surface area contributed by atoms with Crippen molar-refractivity contribution in [3.63, 3.8) is 0 Å². The van der Waals surface area contributed by atoms with E-state index < -0.39 is 0 Å². The highest BCUT2D eigenvalue weighted by atomic mass is 14.8. The molecule has 0 atom stereocenters. The molecule has 268 valence electrons. The summed E-state index contributed by atoms with van der Waals surface area (Å²) in [5.41, 5.74) is 30.2. The van der Waals surface area contributed by atoms with Crippen LogP contribution in [-0.2, 0) is 0 Å². The van der Waals surface area contributed by atoms with E-state index in [0.717, 1.165) is 95.0 Å². The minimum atomic E-state index is 0.717. The fourth-order valence-electron chi connectivity index (χ4n) is 8.43. The first kappa shape index (κ1) is 34.1. The van der Waals surface area contributed by atoms with E-state index in [9.17, 15) is 0 Å². The maximum atomic E-state index is 6.20. The van der Waals surface area contributed by atoms with Crippen LogP contribution in [-0.4, -0.2) is 19.9 Å². The van der Waals surface area contributed by atoms with Gasteiger partial charge in [-0.3, -0.25) is 0 Å². The van der Waals surface area contributed by atoms with E-state index in [1.807, 2.05) is 12.1 Å². The molecule has 0 saturated heterocycles.